The SMILES string of the molecule is CCc1c(C(C)(C)N)cc2c(c1Cl)OCCO2. The lowest BCUT2D eigenvalue weighted by molar-refractivity contribution is 0.171. The Bertz CT molecular complexity index is 438. The number of hydrogen-bond acceptors (Lipinski definition) is 3. The van der Waals surface area contributed by atoms with Gasteiger partial charge >= 0.3 is 0 Å². The lowest BCUT2D eigenvalue weighted by Gasteiger charge is -2.28. The van der Waals surface area contributed by atoms with Crippen molar-refractivity contribution in [1.29, 1.82) is 0 Å². The molecule has 1 aromatic carbocycles. The topological polar surface area (TPSA) is 44.5 Å². The number of ether oxygens (including phenoxy) is 2. The molecule has 0 aromatic heterocycles. The Labute approximate surface area is 107 Å². The second-order valence-electron chi connectivity index (χ2n) is 4.82. The van der Waals surface area contributed by atoms with Gasteiger partial charge in [0.05, 0.1) is 5.02 Å². The molecule has 0 unspecified atom stereocenters. The van der Waals surface area contributed by atoms with E-state index >= 15 is 0 Å². The van der Waals surface area contributed by atoms with Crippen molar-refractivity contribution in [3.05, 3.63) is 22.2 Å². The average Bonchev–Trinajstić information content (AvgIpc) is 2.28. The first kappa shape index (κ1) is 12.5. The Kier molecular flexibility index (Phi) is 3.23. The van der Waals surface area contributed by atoms with E-state index in [1.54, 1.807) is 0 Å². The van der Waals surface area contributed by atoms with Gasteiger partial charge in [-0.05, 0) is 37.5 Å². The molecule has 1 aliphatic heterocycles. The summed E-state index contributed by atoms with van der Waals surface area (Å²) in [7, 11) is 0. The molecule has 0 spiro atoms. The minimum absolute atomic E-state index is 0.440. The molecule has 17 heavy (non-hydrogen) atoms. The molecule has 1 aliphatic rings. The molecule has 0 bridgehead atoms. The average molecular weight is 256 g/mol. The van der Waals surface area contributed by atoms with Crippen LogP contribution in [-0.4, -0.2) is 13.2 Å². The first-order valence-electron chi connectivity index (χ1n) is 5.85. The molecule has 4 heteroatoms. The summed E-state index contributed by atoms with van der Waals surface area (Å²) in [6.07, 6.45) is 0.825. The van der Waals surface area contributed by atoms with Crippen molar-refractivity contribution in [2.24, 2.45) is 5.73 Å². The summed E-state index contributed by atoms with van der Waals surface area (Å²) in [4.78, 5) is 0. The third-order valence-corrected chi connectivity index (χ3v) is 3.32. The molecule has 0 fully saturated rings. The fourth-order valence-electron chi connectivity index (χ4n) is 2.10. The Hall–Kier alpha value is -0.930. The summed E-state index contributed by atoms with van der Waals surface area (Å²) in [5.41, 5.74) is 7.81. The number of nitrogens with two attached hydrogens (primary N) is 1. The first-order valence-corrected chi connectivity index (χ1v) is 6.23. The van der Waals surface area contributed by atoms with Crippen LogP contribution >= 0.6 is 11.6 Å². The van der Waals surface area contributed by atoms with Crippen LogP contribution in [0.1, 0.15) is 31.9 Å². The summed E-state index contributed by atoms with van der Waals surface area (Å²) >= 11 is 6.38. The molecule has 1 heterocycles. The van der Waals surface area contributed by atoms with Crippen molar-refractivity contribution in [3.8, 4) is 11.5 Å². The molecule has 2 rings (SSSR count). The van der Waals surface area contributed by atoms with Crippen molar-refractivity contribution >= 4 is 11.6 Å². The zero-order chi connectivity index (χ0) is 12.6. The van der Waals surface area contributed by atoms with Crippen molar-refractivity contribution in [2.75, 3.05) is 13.2 Å². The highest BCUT2D eigenvalue weighted by Crippen LogP contribution is 2.43. The normalized spacial score (nSPS) is 14.9. The number of benzene rings is 1. The predicted octanol–water partition coefficient (Wildman–Crippen LogP) is 2.87. The predicted molar refractivity (Wildman–Crippen MR) is 69.0 cm³/mol. The standard InChI is InChI=1S/C13H18ClNO2/c1-4-8-9(13(2,3)15)7-10-12(11(8)14)17-6-5-16-10/h7H,4-6,15H2,1-3H3. The van der Waals surface area contributed by atoms with Gasteiger partial charge in [-0.2, -0.15) is 0 Å². The van der Waals surface area contributed by atoms with Crippen LogP contribution in [0.2, 0.25) is 5.02 Å². The van der Waals surface area contributed by atoms with Gasteiger partial charge < -0.3 is 15.2 Å². The fraction of sp³-hybridized carbons (Fsp3) is 0.538. The summed E-state index contributed by atoms with van der Waals surface area (Å²) < 4.78 is 11.1. The molecule has 3 nitrogen and oxygen atoms in total. The third-order valence-electron chi connectivity index (χ3n) is 2.92. The van der Waals surface area contributed by atoms with E-state index in [1.807, 2.05) is 19.9 Å². The van der Waals surface area contributed by atoms with E-state index < -0.39 is 5.54 Å². The van der Waals surface area contributed by atoms with Gasteiger partial charge in [-0.3, -0.25) is 0 Å². The molecule has 1 aromatic rings. The minimum Gasteiger partial charge on any atom is -0.486 e. The van der Waals surface area contributed by atoms with Crippen LogP contribution in [0, 0.1) is 0 Å². The van der Waals surface area contributed by atoms with Gasteiger partial charge in [-0.15, -0.1) is 0 Å². The molecule has 0 radical (unpaired) electrons. The number of halogens is 1. The van der Waals surface area contributed by atoms with Gasteiger partial charge in [0, 0.05) is 5.54 Å². The minimum atomic E-state index is -0.440. The van der Waals surface area contributed by atoms with Gasteiger partial charge in [0.2, 0.25) is 0 Å². The molecule has 0 aliphatic carbocycles. The third kappa shape index (κ3) is 2.22. The van der Waals surface area contributed by atoms with Crippen LogP contribution in [0.4, 0.5) is 0 Å². The van der Waals surface area contributed by atoms with Gasteiger partial charge in [0.25, 0.3) is 0 Å². The maximum atomic E-state index is 6.38. The van der Waals surface area contributed by atoms with Crippen molar-refractivity contribution in [3.63, 3.8) is 0 Å². The fourth-order valence-corrected chi connectivity index (χ4v) is 2.49. The highest BCUT2D eigenvalue weighted by Gasteiger charge is 2.26. The molecule has 2 N–H and O–H groups in total. The van der Waals surface area contributed by atoms with E-state index in [0.717, 1.165) is 17.5 Å². The zero-order valence-electron chi connectivity index (χ0n) is 10.5. The van der Waals surface area contributed by atoms with Gasteiger partial charge in [-0.1, -0.05) is 18.5 Å². The van der Waals surface area contributed by atoms with E-state index in [9.17, 15) is 0 Å². The van der Waals surface area contributed by atoms with Crippen LogP contribution < -0.4 is 15.2 Å². The highest BCUT2D eigenvalue weighted by molar-refractivity contribution is 6.33. The van der Waals surface area contributed by atoms with Gasteiger partial charge in [0.1, 0.15) is 13.2 Å². The maximum Gasteiger partial charge on any atom is 0.180 e. The number of fused-ring (bicyclic) bond motifs is 1. The molecule has 0 saturated carbocycles. The van der Waals surface area contributed by atoms with E-state index in [0.29, 0.717) is 29.7 Å². The number of hydrogen-bond donors (Lipinski definition) is 1. The van der Waals surface area contributed by atoms with E-state index in [-0.39, 0.29) is 0 Å². The second kappa shape index (κ2) is 4.39. The quantitative estimate of drug-likeness (QED) is 0.884. The van der Waals surface area contributed by atoms with Crippen LogP contribution in [-0.2, 0) is 12.0 Å². The Morgan fingerprint density at radius 3 is 2.59 bits per heavy atom. The molecule has 0 amide bonds. The van der Waals surface area contributed by atoms with Gasteiger partial charge in [0.15, 0.2) is 11.5 Å². The molecular formula is C13H18ClNO2. The smallest absolute Gasteiger partial charge is 0.180 e. The number of rotatable bonds is 2. The van der Waals surface area contributed by atoms with Crippen molar-refractivity contribution < 1.29 is 9.47 Å². The van der Waals surface area contributed by atoms with E-state index in [4.69, 9.17) is 26.8 Å². The highest BCUT2D eigenvalue weighted by atomic mass is 35.5. The molecule has 94 valence electrons. The first-order chi connectivity index (χ1) is 7.95. The Morgan fingerprint density at radius 2 is 2.00 bits per heavy atom. The Balaban J connectivity index is 2.64. The monoisotopic (exact) mass is 255 g/mol. The molecule has 0 saturated heterocycles. The lowest BCUT2D eigenvalue weighted by Crippen LogP contribution is -2.30. The largest absolute Gasteiger partial charge is 0.486 e. The summed E-state index contributed by atoms with van der Waals surface area (Å²) in [5, 5.41) is 0.637. The van der Waals surface area contributed by atoms with Crippen LogP contribution in [0.5, 0.6) is 11.5 Å². The molecule has 0 atom stereocenters. The van der Waals surface area contributed by atoms with Crippen molar-refractivity contribution in [1.82, 2.24) is 0 Å². The summed E-state index contributed by atoms with van der Waals surface area (Å²) in [6.45, 7) is 7.09. The van der Waals surface area contributed by atoms with E-state index in [1.165, 1.54) is 0 Å². The van der Waals surface area contributed by atoms with E-state index in [2.05, 4.69) is 6.92 Å². The van der Waals surface area contributed by atoms with Gasteiger partial charge in [-0.25, -0.2) is 0 Å². The second-order valence-corrected chi connectivity index (χ2v) is 5.19. The maximum absolute atomic E-state index is 6.38. The summed E-state index contributed by atoms with van der Waals surface area (Å²) in [6, 6.07) is 1.96. The van der Waals surface area contributed by atoms with Crippen molar-refractivity contribution in [2.45, 2.75) is 32.7 Å². The van der Waals surface area contributed by atoms with Crippen LogP contribution in [0.15, 0.2) is 6.07 Å². The van der Waals surface area contributed by atoms with Crippen LogP contribution in [0.25, 0.3) is 0 Å². The molecular weight excluding hydrogens is 238 g/mol. The zero-order valence-corrected chi connectivity index (χ0v) is 11.2. The summed E-state index contributed by atoms with van der Waals surface area (Å²) in [5.74, 6) is 1.36. The van der Waals surface area contributed by atoms with Crippen LogP contribution in [0.3, 0.4) is 0 Å². The Morgan fingerprint density at radius 1 is 1.35 bits per heavy atom. The lowest BCUT2D eigenvalue weighted by atomic mass is 9.89.